The van der Waals surface area contributed by atoms with Crippen LogP contribution in [0.1, 0.15) is 51.5 Å². The maximum absolute atomic E-state index is 13.1. The van der Waals surface area contributed by atoms with E-state index < -0.39 is 0 Å². The van der Waals surface area contributed by atoms with Crippen molar-refractivity contribution < 1.29 is 23.4 Å². The van der Waals surface area contributed by atoms with E-state index >= 15 is 0 Å². The molecule has 1 amide bonds. The molecule has 0 heterocycles. The molecule has 1 fully saturated rings. The highest BCUT2D eigenvalue weighted by Gasteiger charge is 2.17. The molecule has 1 aliphatic rings. The first-order valence-corrected chi connectivity index (χ1v) is 9.56. The van der Waals surface area contributed by atoms with Crippen LogP contribution >= 0.6 is 0 Å². The molecule has 0 aromatic heterocycles. The Labute approximate surface area is 156 Å². The van der Waals surface area contributed by atoms with Crippen LogP contribution < -0.4 is 10.1 Å². The fraction of sp³-hybridized carbons (Fsp3) is 0.650. The first-order chi connectivity index (χ1) is 12.6. The first-order valence-electron chi connectivity index (χ1n) is 9.56. The molecule has 0 atom stereocenters. The second kappa shape index (κ2) is 13.4. The van der Waals surface area contributed by atoms with Gasteiger partial charge in [-0.25, -0.2) is 9.18 Å². The lowest BCUT2D eigenvalue weighted by molar-refractivity contribution is 0.0688. The van der Waals surface area contributed by atoms with Crippen LogP contribution in [0.25, 0.3) is 0 Å². The van der Waals surface area contributed by atoms with Crippen LogP contribution in [0.5, 0.6) is 5.75 Å². The van der Waals surface area contributed by atoms with Crippen LogP contribution in [0.4, 0.5) is 9.18 Å². The molecule has 0 radical (unpaired) electrons. The molecule has 2 rings (SSSR count). The number of ether oxygens (including phenoxy) is 3. The largest absolute Gasteiger partial charge is 0.491 e. The van der Waals surface area contributed by atoms with Crippen molar-refractivity contribution in [1.82, 2.24) is 5.32 Å². The molecule has 1 aromatic rings. The van der Waals surface area contributed by atoms with Crippen LogP contribution in [0, 0.1) is 12.7 Å². The van der Waals surface area contributed by atoms with Crippen molar-refractivity contribution >= 4 is 6.09 Å². The van der Waals surface area contributed by atoms with Crippen LogP contribution in [0.15, 0.2) is 18.2 Å². The molecule has 0 unspecified atom stereocenters. The molecule has 1 aliphatic carbocycles. The molecule has 1 N–H and O–H groups in total. The number of aryl methyl sites for hydroxylation is 1. The second-order valence-corrected chi connectivity index (χ2v) is 5.96. The summed E-state index contributed by atoms with van der Waals surface area (Å²) in [6.45, 7) is 7.33. The van der Waals surface area contributed by atoms with Gasteiger partial charge < -0.3 is 19.5 Å². The second-order valence-electron chi connectivity index (χ2n) is 5.96. The zero-order chi connectivity index (χ0) is 19.2. The van der Waals surface area contributed by atoms with Gasteiger partial charge in [-0.3, -0.25) is 0 Å². The summed E-state index contributed by atoms with van der Waals surface area (Å²) in [5, 5.41) is 2.68. The normalized spacial score (nSPS) is 14.2. The smallest absolute Gasteiger partial charge is 0.407 e. The van der Waals surface area contributed by atoms with Crippen LogP contribution in [0.2, 0.25) is 0 Å². The van der Waals surface area contributed by atoms with E-state index in [-0.39, 0.29) is 18.0 Å². The lowest BCUT2D eigenvalue weighted by Crippen LogP contribution is -2.32. The summed E-state index contributed by atoms with van der Waals surface area (Å²) in [5.74, 6) is 0.199. The van der Waals surface area contributed by atoms with Gasteiger partial charge in [-0.2, -0.15) is 0 Å². The Morgan fingerprint density at radius 2 is 1.88 bits per heavy atom. The molecular formula is C20H32FNO4. The third-order valence-corrected chi connectivity index (χ3v) is 3.98. The highest BCUT2D eigenvalue weighted by molar-refractivity contribution is 5.67. The lowest BCUT2D eigenvalue weighted by atomic mass is 9.98. The molecule has 0 bridgehead atoms. The minimum atomic E-state index is -0.378. The molecule has 26 heavy (non-hydrogen) atoms. The molecule has 0 aliphatic heterocycles. The first kappa shape index (κ1) is 22.2. The van der Waals surface area contributed by atoms with Crippen molar-refractivity contribution in [3.05, 3.63) is 29.6 Å². The van der Waals surface area contributed by atoms with Gasteiger partial charge in [0.25, 0.3) is 0 Å². The molecule has 0 spiro atoms. The third kappa shape index (κ3) is 9.04. The number of nitrogens with one attached hydrogen (secondary N) is 1. The van der Waals surface area contributed by atoms with E-state index in [0.717, 1.165) is 31.2 Å². The van der Waals surface area contributed by atoms with E-state index in [1.165, 1.54) is 18.6 Å². The summed E-state index contributed by atoms with van der Waals surface area (Å²) in [5.41, 5.74) is 0.878. The number of rotatable bonds is 8. The van der Waals surface area contributed by atoms with Crippen molar-refractivity contribution in [2.24, 2.45) is 0 Å². The van der Waals surface area contributed by atoms with E-state index in [0.29, 0.717) is 32.1 Å². The Morgan fingerprint density at radius 1 is 1.15 bits per heavy atom. The minimum absolute atomic E-state index is 0.0579. The van der Waals surface area contributed by atoms with E-state index in [1.54, 1.807) is 6.07 Å². The van der Waals surface area contributed by atoms with Gasteiger partial charge in [-0.05, 0) is 44.2 Å². The summed E-state index contributed by atoms with van der Waals surface area (Å²) < 4.78 is 29.3. The maximum Gasteiger partial charge on any atom is 0.407 e. The van der Waals surface area contributed by atoms with Crippen molar-refractivity contribution in [1.29, 1.82) is 0 Å². The number of alkyl carbamates (subject to hydrolysis) is 1. The maximum atomic E-state index is 13.1. The Balaban J connectivity index is 0.00000163. The van der Waals surface area contributed by atoms with E-state index in [1.807, 2.05) is 20.8 Å². The Kier molecular flexibility index (Phi) is 11.4. The summed E-state index contributed by atoms with van der Waals surface area (Å²) in [6.07, 6.45) is 5.09. The number of carbonyl (C=O) groups is 1. The fourth-order valence-corrected chi connectivity index (χ4v) is 2.64. The number of carbonyl (C=O) groups excluding carboxylic acids is 1. The van der Waals surface area contributed by atoms with E-state index in [4.69, 9.17) is 14.2 Å². The lowest BCUT2D eigenvalue weighted by Gasteiger charge is -2.21. The quantitative estimate of drug-likeness (QED) is 0.680. The highest BCUT2D eigenvalue weighted by atomic mass is 19.1. The van der Waals surface area contributed by atoms with Gasteiger partial charge >= 0.3 is 6.09 Å². The standard InChI is InChI=1S/C18H26FNO4.C2H6/c1-14-7-8-15(19)13-17(14)23-12-11-22-10-9-20-18(21)24-16-5-3-2-4-6-16;1-2/h7-8,13,16H,2-6,9-12H2,1H3,(H,20,21);1-2H3. The van der Waals surface area contributed by atoms with Crippen molar-refractivity contribution in [3.63, 3.8) is 0 Å². The summed E-state index contributed by atoms with van der Waals surface area (Å²) in [6, 6.07) is 4.43. The molecular weight excluding hydrogens is 337 g/mol. The van der Waals surface area contributed by atoms with Gasteiger partial charge in [0, 0.05) is 12.6 Å². The number of halogens is 1. The Hall–Kier alpha value is -1.82. The minimum Gasteiger partial charge on any atom is -0.491 e. The molecule has 0 saturated heterocycles. The number of hydrogen-bond donors (Lipinski definition) is 1. The Morgan fingerprint density at radius 3 is 2.62 bits per heavy atom. The summed E-state index contributed by atoms with van der Waals surface area (Å²) >= 11 is 0. The van der Waals surface area contributed by atoms with Crippen molar-refractivity contribution in [2.45, 2.75) is 59.0 Å². The Bertz CT molecular complexity index is 519. The van der Waals surface area contributed by atoms with Crippen molar-refractivity contribution in [2.75, 3.05) is 26.4 Å². The topological polar surface area (TPSA) is 56.8 Å². The molecule has 1 aromatic carbocycles. The highest BCUT2D eigenvalue weighted by Crippen LogP contribution is 2.20. The van der Waals surface area contributed by atoms with Crippen LogP contribution in [-0.2, 0) is 9.47 Å². The monoisotopic (exact) mass is 369 g/mol. The zero-order valence-electron chi connectivity index (χ0n) is 16.2. The SMILES string of the molecule is CC.Cc1ccc(F)cc1OCCOCCNC(=O)OC1CCCCC1. The molecule has 148 valence electrons. The molecule has 6 heteroatoms. The van der Waals surface area contributed by atoms with E-state index in [2.05, 4.69) is 5.32 Å². The van der Waals surface area contributed by atoms with Crippen molar-refractivity contribution in [3.8, 4) is 5.75 Å². The van der Waals surface area contributed by atoms with E-state index in [9.17, 15) is 9.18 Å². The van der Waals surface area contributed by atoms with Gasteiger partial charge in [0.1, 0.15) is 24.3 Å². The molecule has 1 saturated carbocycles. The number of amides is 1. The summed E-state index contributed by atoms with van der Waals surface area (Å²) in [7, 11) is 0. The average Bonchev–Trinajstić information content (AvgIpc) is 2.66. The number of hydrogen-bond acceptors (Lipinski definition) is 4. The summed E-state index contributed by atoms with van der Waals surface area (Å²) in [4.78, 5) is 11.6. The predicted molar refractivity (Wildman–Crippen MR) is 100 cm³/mol. The molecule has 5 nitrogen and oxygen atoms in total. The predicted octanol–water partition coefficient (Wildman–Crippen LogP) is 4.61. The number of benzene rings is 1. The zero-order valence-corrected chi connectivity index (χ0v) is 16.2. The fourth-order valence-electron chi connectivity index (χ4n) is 2.64. The van der Waals surface area contributed by atoms with Gasteiger partial charge in [0.05, 0.1) is 13.2 Å². The van der Waals surface area contributed by atoms with Gasteiger partial charge in [-0.1, -0.05) is 26.3 Å². The van der Waals surface area contributed by atoms with Crippen LogP contribution in [-0.4, -0.2) is 38.6 Å². The average molecular weight is 369 g/mol. The van der Waals surface area contributed by atoms with Gasteiger partial charge in [0.15, 0.2) is 0 Å². The van der Waals surface area contributed by atoms with Crippen LogP contribution in [0.3, 0.4) is 0 Å². The van der Waals surface area contributed by atoms with Gasteiger partial charge in [0.2, 0.25) is 0 Å². The third-order valence-electron chi connectivity index (χ3n) is 3.98. The van der Waals surface area contributed by atoms with Gasteiger partial charge in [-0.15, -0.1) is 0 Å².